The quantitative estimate of drug-likeness (QED) is 0.262. The Morgan fingerprint density at radius 1 is 0.889 bits per heavy atom. The van der Waals surface area contributed by atoms with Crippen LogP contribution in [0, 0.1) is 0 Å². The van der Waals surface area contributed by atoms with E-state index in [0.29, 0.717) is 0 Å². The molecule has 27 heavy (non-hydrogen) atoms. The number of ether oxygens (including phenoxy) is 1. The minimum atomic E-state index is -1.90. The predicted octanol–water partition coefficient (Wildman–Crippen LogP) is 7.83. The van der Waals surface area contributed by atoms with Crippen molar-refractivity contribution in [2.45, 2.75) is 103 Å². The van der Waals surface area contributed by atoms with E-state index in [1.807, 2.05) is 0 Å². The average Bonchev–Trinajstić information content (AvgIpc) is 2.44. The summed E-state index contributed by atoms with van der Waals surface area (Å²) < 4.78 is 20.0. The van der Waals surface area contributed by atoms with Gasteiger partial charge < -0.3 is 13.6 Å². The largest absolute Gasteiger partial charge is 0.417 e. The maximum atomic E-state index is 6.78. The van der Waals surface area contributed by atoms with Crippen LogP contribution in [-0.2, 0) is 13.6 Å². The molecule has 162 valence electrons. The van der Waals surface area contributed by atoms with Crippen LogP contribution >= 0.6 is 31.9 Å². The summed E-state index contributed by atoms with van der Waals surface area (Å²) in [6, 6.07) is 0. The topological polar surface area (TPSA) is 27.7 Å². The third kappa shape index (κ3) is 9.58. The van der Waals surface area contributed by atoms with Gasteiger partial charge in [0.1, 0.15) is 0 Å². The van der Waals surface area contributed by atoms with Gasteiger partial charge in [-0.1, -0.05) is 47.6 Å². The second-order valence-corrected chi connectivity index (χ2v) is 22.7. The Morgan fingerprint density at radius 3 is 1.74 bits per heavy atom. The number of halogens is 2. The third-order valence-corrected chi connectivity index (χ3v) is 15.8. The van der Waals surface area contributed by atoms with E-state index >= 15 is 0 Å². The Hall–Kier alpha value is 1.01. The van der Waals surface area contributed by atoms with Crippen molar-refractivity contribution in [2.75, 3.05) is 13.7 Å². The molecule has 0 aromatic heterocycles. The molecule has 0 spiro atoms. The minimum absolute atomic E-state index is 0.00670. The van der Waals surface area contributed by atoms with Crippen LogP contribution in [0.1, 0.15) is 54.4 Å². The molecule has 3 nitrogen and oxygen atoms in total. The molecule has 0 aromatic carbocycles. The van der Waals surface area contributed by atoms with E-state index in [1.165, 1.54) is 0 Å². The van der Waals surface area contributed by atoms with Crippen LogP contribution in [-0.4, -0.2) is 42.6 Å². The lowest BCUT2D eigenvalue weighted by molar-refractivity contribution is -0.0125. The molecule has 0 amide bonds. The van der Waals surface area contributed by atoms with E-state index < -0.39 is 16.6 Å². The van der Waals surface area contributed by atoms with Crippen molar-refractivity contribution in [1.82, 2.24) is 0 Å². The summed E-state index contributed by atoms with van der Waals surface area (Å²) in [6.45, 7) is 23.6. The van der Waals surface area contributed by atoms with Crippen LogP contribution in [0.5, 0.6) is 0 Å². The number of rotatable bonds is 10. The summed E-state index contributed by atoms with van der Waals surface area (Å²) in [5.74, 6) is 0. The molecule has 0 unspecified atom stereocenters. The first-order valence-corrected chi connectivity index (χ1v) is 17.2. The van der Waals surface area contributed by atoms with E-state index in [1.54, 1.807) is 7.11 Å². The highest BCUT2D eigenvalue weighted by atomic mass is 79.9. The first kappa shape index (κ1) is 28.0. The molecular formula is C20H42Br2O3Si2. The molecular weight excluding hydrogens is 504 g/mol. The maximum Gasteiger partial charge on any atom is 0.192 e. The zero-order valence-electron chi connectivity index (χ0n) is 19.3. The van der Waals surface area contributed by atoms with Crippen LogP contribution < -0.4 is 0 Å². The fourth-order valence-electron chi connectivity index (χ4n) is 2.13. The highest BCUT2D eigenvalue weighted by molar-refractivity contribution is 9.28. The van der Waals surface area contributed by atoms with Gasteiger partial charge in [0, 0.05) is 13.7 Å². The summed E-state index contributed by atoms with van der Waals surface area (Å²) >= 11 is 6.89. The molecule has 7 heteroatoms. The highest BCUT2D eigenvalue weighted by Crippen LogP contribution is 2.39. The van der Waals surface area contributed by atoms with Crippen LogP contribution in [0.25, 0.3) is 0 Å². The zero-order chi connectivity index (χ0) is 21.7. The van der Waals surface area contributed by atoms with Gasteiger partial charge in [0.25, 0.3) is 0 Å². The van der Waals surface area contributed by atoms with Crippen molar-refractivity contribution in [3.05, 3.63) is 9.47 Å². The van der Waals surface area contributed by atoms with E-state index in [-0.39, 0.29) is 22.3 Å². The molecule has 2 atom stereocenters. The molecule has 0 radical (unpaired) electrons. The first-order valence-electron chi connectivity index (χ1n) is 9.80. The summed E-state index contributed by atoms with van der Waals surface area (Å²) in [5.41, 5.74) is 0. The molecule has 0 aromatic rings. The summed E-state index contributed by atoms with van der Waals surface area (Å²) in [7, 11) is -1.89. The zero-order valence-corrected chi connectivity index (χ0v) is 24.5. The van der Waals surface area contributed by atoms with E-state index in [2.05, 4.69) is 106 Å². The Bertz CT molecular complexity index is 477. The van der Waals surface area contributed by atoms with E-state index in [0.717, 1.165) is 22.8 Å². The van der Waals surface area contributed by atoms with Gasteiger partial charge >= 0.3 is 0 Å². The Morgan fingerprint density at radius 2 is 1.37 bits per heavy atom. The molecule has 0 aliphatic carbocycles. The van der Waals surface area contributed by atoms with Crippen molar-refractivity contribution < 1.29 is 13.6 Å². The summed E-state index contributed by atoms with van der Waals surface area (Å²) in [6.07, 6.45) is 3.77. The van der Waals surface area contributed by atoms with Crippen molar-refractivity contribution >= 4 is 48.5 Å². The van der Waals surface area contributed by atoms with Crippen LogP contribution in [0.15, 0.2) is 9.47 Å². The molecule has 0 saturated heterocycles. The number of hydrogen-bond acceptors (Lipinski definition) is 3. The van der Waals surface area contributed by atoms with E-state index in [9.17, 15) is 0 Å². The van der Waals surface area contributed by atoms with Gasteiger partial charge in [-0.3, -0.25) is 0 Å². The molecule has 0 fully saturated rings. The Kier molecular flexibility index (Phi) is 11.3. The maximum absolute atomic E-state index is 6.78. The van der Waals surface area contributed by atoms with Gasteiger partial charge in [-0.05, 0) is 81.0 Å². The predicted molar refractivity (Wildman–Crippen MR) is 131 cm³/mol. The van der Waals surface area contributed by atoms with Crippen LogP contribution in [0.3, 0.4) is 0 Å². The molecule has 0 N–H and O–H groups in total. The molecule has 0 bridgehead atoms. The average molecular weight is 547 g/mol. The SMILES string of the molecule is CO[C@@H](CC=C(Br)Br)[C@H](CCO[Si](C)(C)C(C)(C)C)O[Si](C)(C)C(C)(C)C. The minimum Gasteiger partial charge on any atom is -0.417 e. The van der Waals surface area contributed by atoms with Gasteiger partial charge in [0.2, 0.25) is 0 Å². The highest BCUT2D eigenvalue weighted by Gasteiger charge is 2.41. The van der Waals surface area contributed by atoms with Crippen molar-refractivity contribution in [3.8, 4) is 0 Å². The van der Waals surface area contributed by atoms with Gasteiger partial charge in [0.05, 0.1) is 15.6 Å². The molecule has 0 rings (SSSR count). The lowest BCUT2D eigenvalue weighted by Gasteiger charge is -2.42. The summed E-state index contributed by atoms with van der Waals surface area (Å²) in [5, 5.41) is 0.378. The van der Waals surface area contributed by atoms with Gasteiger partial charge in [-0.2, -0.15) is 0 Å². The van der Waals surface area contributed by atoms with Crippen LogP contribution in [0.2, 0.25) is 36.3 Å². The lowest BCUT2D eigenvalue weighted by atomic mass is 10.1. The van der Waals surface area contributed by atoms with E-state index in [4.69, 9.17) is 13.6 Å². The fourth-order valence-corrected chi connectivity index (χ4v) is 4.94. The molecule has 0 saturated carbocycles. The lowest BCUT2D eigenvalue weighted by Crippen LogP contribution is -2.48. The smallest absolute Gasteiger partial charge is 0.192 e. The fraction of sp³-hybridized carbons (Fsp3) is 0.900. The molecule has 0 aliphatic rings. The number of hydrogen-bond donors (Lipinski definition) is 0. The molecule has 0 heterocycles. The second kappa shape index (κ2) is 10.9. The third-order valence-electron chi connectivity index (χ3n) is 6.15. The van der Waals surface area contributed by atoms with Crippen molar-refractivity contribution in [3.63, 3.8) is 0 Å². The Balaban J connectivity index is 5.32. The van der Waals surface area contributed by atoms with Crippen molar-refractivity contribution in [1.29, 1.82) is 0 Å². The van der Waals surface area contributed by atoms with Crippen molar-refractivity contribution in [2.24, 2.45) is 0 Å². The van der Waals surface area contributed by atoms with Gasteiger partial charge in [-0.15, -0.1) is 0 Å². The standard InChI is InChI=1S/C20H42Br2O3Si2/c1-19(2,3)26(8,9)24-15-14-17(16(23-7)12-13-18(21)22)25-27(10,11)20(4,5)6/h13,16-17H,12,14-15H2,1-11H3/t16-,17-/m0/s1. The van der Waals surface area contributed by atoms with Gasteiger partial charge in [-0.25, -0.2) is 0 Å². The number of methoxy groups -OCH3 is 1. The second-order valence-electron chi connectivity index (χ2n) is 10.3. The summed E-state index contributed by atoms with van der Waals surface area (Å²) in [4.78, 5) is 0. The van der Waals surface area contributed by atoms with Crippen LogP contribution in [0.4, 0.5) is 0 Å². The van der Waals surface area contributed by atoms with Gasteiger partial charge in [0.15, 0.2) is 16.6 Å². The monoisotopic (exact) mass is 544 g/mol. The first-order chi connectivity index (χ1) is 11.9. The Labute approximate surface area is 187 Å². The molecule has 0 aliphatic heterocycles. The normalized spacial score (nSPS) is 16.2.